The quantitative estimate of drug-likeness (QED) is 0.0161. The first kappa shape index (κ1) is 74.0. The van der Waals surface area contributed by atoms with E-state index in [2.05, 4.69) is 62.5 Å². The van der Waals surface area contributed by atoms with Gasteiger partial charge in [0.1, 0.15) is 19.3 Å². The van der Waals surface area contributed by atoms with Gasteiger partial charge in [0.25, 0.3) is 7.82 Å². The fraction of sp³-hybridized carbons (Fsp3) is 0.848. The number of carbonyl (C=O) groups excluding carboxylic acids is 2. The van der Waals surface area contributed by atoms with Crippen LogP contribution in [0.5, 0.6) is 0 Å². The van der Waals surface area contributed by atoms with Gasteiger partial charge >= 0.3 is 5.97 Å². The van der Waals surface area contributed by atoms with Crippen molar-refractivity contribution < 1.29 is 37.3 Å². The Kier molecular flexibility index (Phi) is 54.7. The van der Waals surface area contributed by atoms with Crippen LogP contribution in [0.1, 0.15) is 310 Å². The first-order valence-corrected chi connectivity index (χ1v) is 33.9. The monoisotopic (exact) mass is 1090 g/mol. The van der Waals surface area contributed by atoms with Crippen LogP contribution >= 0.6 is 7.82 Å². The minimum atomic E-state index is -4.70. The van der Waals surface area contributed by atoms with Crippen molar-refractivity contribution in [3.63, 3.8) is 0 Å². The van der Waals surface area contributed by atoms with E-state index >= 15 is 0 Å². The molecular formula is C66H125N2O7P. The van der Waals surface area contributed by atoms with Crippen molar-refractivity contribution in [2.75, 3.05) is 40.9 Å². The predicted molar refractivity (Wildman–Crippen MR) is 326 cm³/mol. The summed E-state index contributed by atoms with van der Waals surface area (Å²) in [6, 6.07) is -0.894. The molecule has 0 aliphatic heterocycles. The number of phosphoric ester groups is 1. The van der Waals surface area contributed by atoms with Gasteiger partial charge in [0.05, 0.1) is 33.8 Å². The highest BCUT2D eigenvalue weighted by atomic mass is 31.2. The fourth-order valence-corrected chi connectivity index (χ4v) is 10.3. The van der Waals surface area contributed by atoms with E-state index in [-0.39, 0.29) is 24.9 Å². The molecular weight excluding hydrogens is 964 g/mol. The molecule has 1 N–H and O–H groups in total. The third kappa shape index (κ3) is 56.7. The van der Waals surface area contributed by atoms with Crippen molar-refractivity contribution >= 4 is 19.7 Å². The average Bonchev–Trinajstić information content (AvgIpc) is 3.38. The number of nitrogens with zero attached hydrogens (tertiary/aromatic N) is 1. The zero-order chi connectivity index (χ0) is 55.7. The Balaban J connectivity index is 5.04. The van der Waals surface area contributed by atoms with Crippen LogP contribution in [0.25, 0.3) is 0 Å². The predicted octanol–water partition coefficient (Wildman–Crippen LogP) is 19.4. The molecule has 10 heteroatoms. The van der Waals surface area contributed by atoms with Crippen LogP contribution in [0.2, 0.25) is 0 Å². The molecule has 0 aliphatic rings. The molecule has 0 saturated heterocycles. The van der Waals surface area contributed by atoms with E-state index in [9.17, 15) is 19.0 Å². The molecule has 0 radical (unpaired) electrons. The molecule has 9 nitrogen and oxygen atoms in total. The number of nitrogens with one attached hydrogen (secondary N) is 1. The Bertz CT molecular complexity index is 1440. The standard InChI is InChI=1S/C66H125N2O7P/c1-7-10-13-16-19-22-25-28-29-30-31-32-33-34-35-36-37-38-39-41-43-46-49-52-55-58-65(69)67-63(62-74-76(71,72)73-61-60-68(4,5)6)64(57-54-51-48-45-42-27-24-21-18-15-12-9-3)75-66(70)59-56-53-50-47-44-40-26-23-20-17-14-11-8-2/h11,14,17,20,23,26,54,57,63-64H,7-10,12-13,15-16,18-19,21-22,24-25,27-53,55-56,58-62H2,1-6H3,(H-,67,69,71,72)/b14-11+,20-17+,26-23-,57-54-. The summed E-state index contributed by atoms with van der Waals surface area (Å²) in [6.07, 6.45) is 69.6. The second-order valence-corrected chi connectivity index (χ2v) is 24.7. The normalized spacial score (nSPS) is 13.9. The number of hydrogen-bond donors (Lipinski definition) is 1. The molecule has 0 aromatic carbocycles. The Hall–Kier alpha value is -2.03. The van der Waals surface area contributed by atoms with Gasteiger partial charge in [-0.25, -0.2) is 0 Å². The van der Waals surface area contributed by atoms with Gasteiger partial charge in [0, 0.05) is 12.8 Å². The molecule has 0 fully saturated rings. The number of rotatable bonds is 59. The first-order valence-electron chi connectivity index (χ1n) is 32.5. The number of phosphoric acid groups is 1. The number of esters is 1. The number of ether oxygens (including phenoxy) is 1. The molecule has 446 valence electrons. The highest BCUT2D eigenvalue weighted by molar-refractivity contribution is 7.45. The fourth-order valence-electron chi connectivity index (χ4n) is 9.58. The third-order valence-corrected chi connectivity index (χ3v) is 15.5. The highest BCUT2D eigenvalue weighted by Gasteiger charge is 2.27. The van der Waals surface area contributed by atoms with E-state index in [1.807, 2.05) is 33.3 Å². The summed E-state index contributed by atoms with van der Waals surface area (Å²) in [7, 11) is 1.18. The van der Waals surface area contributed by atoms with Gasteiger partial charge in [-0.1, -0.05) is 294 Å². The third-order valence-electron chi connectivity index (χ3n) is 14.6. The van der Waals surface area contributed by atoms with Gasteiger partial charge in [-0.2, -0.15) is 0 Å². The van der Waals surface area contributed by atoms with Crippen LogP contribution in [0.4, 0.5) is 0 Å². The topological polar surface area (TPSA) is 114 Å². The maximum Gasteiger partial charge on any atom is 0.306 e. The lowest BCUT2D eigenvalue weighted by Crippen LogP contribution is -2.47. The van der Waals surface area contributed by atoms with Gasteiger partial charge in [0.2, 0.25) is 5.91 Å². The molecule has 0 heterocycles. The Morgan fingerprint density at radius 1 is 0.474 bits per heavy atom. The highest BCUT2D eigenvalue weighted by Crippen LogP contribution is 2.38. The average molecular weight is 1090 g/mol. The van der Waals surface area contributed by atoms with Gasteiger partial charge in [-0.15, -0.1) is 0 Å². The SMILES string of the molecule is CC/C=C/C=C/C=C\CCCCCCCC(=O)OC(/C=C\CCCCCCCCCCCC)C(COP(=O)([O-])OCC[N+](C)(C)C)NC(=O)CCCCCCCCCCCCCCCCCCCCCCCCCCC. The number of unbranched alkanes of at least 4 members (excludes halogenated alkanes) is 39. The van der Waals surface area contributed by atoms with Crippen LogP contribution in [0.15, 0.2) is 48.6 Å². The van der Waals surface area contributed by atoms with E-state index < -0.39 is 26.6 Å². The van der Waals surface area contributed by atoms with Crippen molar-refractivity contribution in [2.45, 2.75) is 322 Å². The summed E-state index contributed by atoms with van der Waals surface area (Å²) in [6.45, 7) is 6.73. The molecule has 0 bridgehead atoms. The molecule has 3 unspecified atom stereocenters. The van der Waals surface area contributed by atoms with E-state index in [1.54, 1.807) is 0 Å². The maximum absolute atomic E-state index is 13.5. The second kappa shape index (κ2) is 56.3. The van der Waals surface area contributed by atoms with Crippen molar-refractivity contribution in [3.05, 3.63) is 48.6 Å². The molecule has 1 amide bonds. The maximum atomic E-state index is 13.5. The van der Waals surface area contributed by atoms with Crippen LogP contribution in [0, 0.1) is 0 Å². The van der Waals surface area contributed by atoms with Crippen molar-refractivity contribution in [3.8, 4) is 0 Å². The lowest BCUT2D eigenvalue weighted by molar-refractivity contribution is -0.870. The largest absolute Gasteiger partial charge is 0.756 e. The smallest absolute Gasteiger partial charge is 0.306 e. The van der Waals surface area contributed by atoms with E-state index in [4.69, 9.17) is 13.8 Å². The van der Waals surface area contributed by atoms with Gasteiger partial charge in [0.15, 0.2) is 0 Å². The molecule has 0 aromatic rings. The Morgan fingerprint density at radius 2 is 0.842 bits per heavy atom. The summed E-state index contributed by atoms with van der Waals surface area (Å²) < 4.78 is 30.3. The number of carbonyl (C=O) groups is 2. The van der Waals surface area contributed by atoms with Crippen LogP contribution in [0.3, 0.4) is 0 Å². The lowest BCUT2D eigenvalue weighted by Gasteiger charge is -2.30. The van der Waals surface area contributed by atoms with Crippen molar-refractivity contribution in [1.82, 2.24) is 5.32 Å². The van der Waals surface area contributed by atoms with E-state index in [1.165, 1.54) is 193 Å². The summed E-state index contributed by atoms with van der Waals surface area (Å²) in [5.41, 5.74) is 0. The number of hydrogen-bond acceptors (Lipinski definition) is 7. The molecule has 0 aromatic heterocycles. The van der Waals surface area contributed by atoms with E-state index in [0.29, 0.717) is 23.9 Å². The molecule has 0 saturated carbocycles. The Morgan fingerprint density at radius 3 is 1.25 bits per heavy atom. The summed E-state index contributed by atoms with van der Waals surface area (Å²) in [4.78, 5) is 40.0. The zero-order valence-corrected chi connectivity index (χ0v) is 51.9. The van der Waals surface area contributed by atoms with Crippen LogP contribution in [-0.4, -0.2) is 69.4 Å². The summed E-state index contributed by atoms with van der Waals surface area (Å²) >= 11 is 0. The van der Waals surface area contributed by atoms with Gasteiger partial charge in [-0.05, 0) is 51.0 Å². The molecule has 3 atom stereocenters. The first-order chi connectivity index (χ1) is 36.9. The van der Waals surface area contributed by atoms with E-state index in [0.717, 1.165) is 77.0 Å². The zero-order valence-electron chi connectivity index (χ0n) is 51.0. The second-order valence-electron chi connectivity index (χ2n) is 23.3. The van der Waals surface area contributed by atoms with Crippen molar-refractivity contribution in [1.29, 1.82) is 0 Å². The lowest BCUT2D eigenvalue weighted by atomic mass is 10.0. The minimum Gasteiger partial charge on any atom is -0.756 e. The minimum absolute atomic E-state index is 0.0248. The van der Waals surface area contributed by atoms with Gasteiger partial charge < -0.3 is 28.5 Å². The molecule has 0 spiro atoms. The van der Waals surface area contributed by atoms with Crippen LogP contribution in [-0.2, 0) is 27.9 Å². The molecule has 0 rings (SSSR count). The summed E-state index contributed by atoms with van der Waals surface area (Å²) in [5.74, 6) is -0.554. The number of amides is 1. The number of allylic oxidation sites excluding steroid dienone is 7. The Labute approximate surface area is 471 Å². The molecule has 0 aliphatic carbocycles. The van der Waals surface area contributed by atoms with Crippen LogP contribution < -0.4 is 10.2 Å². The number of likely N-dealkylation sites (N-methyl/N-ethyl adjacent to an activating group) is 1. The van der Waals surface area contributed by atoms with Gasteiger partial charge in [-0.3, -0.25) is 14.2 Å². The molecule has 76 heavy (non-hydrogen) atoms. The number of quaternary nitrogens is 1. The van der Waals surface area contributed by atoms with Crippen molar-refractivity contribution in [2.24, 2.45) is 0 Å². The summed E-state index contributed by atoms with van der Waals surface area (Å²) in [5, 5.41) is 3.03.